The maximum atomic E-state index is 13.3. The van der Waals surface area contributed by atoms with Crippen LogP contribution in [0.2, 0.25) is 5.02 Å². The van der Waals surface area contributed by atoms with Gasteiger partial charge in [0.25, 0.3) is 0 Å². The first-order valence-electron chi connectivity index (χ1n) is 15.7. The molecular formula is C36H36ClN7O4S. The number of urea groups is 1. The van der Waals surface area contributed by atoms with Crippen molar-refractivity contribution in [2.75, 3.05) is 18.5 Å². The van der Waals surface area contributed by atoms with Crippen LogP contribution < -0.4 is 15.4 Å². The van der Waals surface area contributed by atoms with Gasteiger partial charge in [-0.05, 0) is 54.4 Å². The summed E-state index contributed by atoms with van der Waals surface area (Å²) in [4.78, 5) is 15.2. The number of amides is 2. The van der Waals surface area contributed by atoms with E-state index >= 15 is 0 Å². The number of aliphatic hydroxyl groups is 1. The van der Waals surface area contributed by atoms with Gasteiger partial charge < -0.3 is 20.3 Å². The molecule has 0 saturated heterocycles. The Morgan fingerprint density at radius 2 is 1.82 bits per heavy atom. The SMILES string of the molecule is CCC(C)(C)c1cc(NC(=O)NCc2ccccc2Sc2ccc3nnc(-c4ccccc4OCCO)n3c2)n(-c2ccc(Cl)c(O)c2)n1. The number of aromatic hydroxyl groups is 1. The lowest BCUT2D eigenvalue weighted by Crippen LogP contribution is -2.29. The average Bonchev–Trinajstić information content (AvgIpc) is 3.73. The number of carbonyl (C=O) groups is 1. The molecule has 0 spiro atoms. The predicted octanol–water partition coefficient (Wildman–Crippen LogP) is 7.47. The summed E-state index contributed by atoms with van der Waals surface area (Å²) in [5.74, 6) is 1.61. The zero-order valence-corrected chi connectivity index (χ0v) is 28.8. The molecule has 2 amide bonds. The second-order valence-corrected chi connectivity index (χ2v) is 13.4. The summed E-state index contributed by atoms with van der Waals surface area (Å²) in [6.45, 7) is 6.61. The molecule has 0 aliphatic carbocycles. The molecule has 3 aromatic heterocycles. The normalized spacial score (nSPS) is 11.5. The summed E-state index contributed by atoms with van der Waals surface area (Å²) in [5.41, 5.74) is 3.50. The molecule has 3 heterocycles. The van der Waals surface area contributed by atoms with Gasteiger partial charge in [-0.15, -0.1) is 10.2 Å². The van der Waals surface area contributed by atoms with Crippen molar-refractivity contribution in [1.82, 2.24) is 29.7 Å². The fourth-order valence-electron chi connectivity index (χ4n) is 5.07. The van der Waals surface area contributed by atoms with E-state index in [2.05, 4.69) is 41.6 Å². The third-order valence-corrected chi connectivity index (χ3v) is 9.61. The number of hydrogen-bond acceptors (Lipinski definition) is 8. The second-order valence-electron chi connectivity index (χ2n) is 11.9. The number of phenols is 1. The molecule has 0 aliphatic heterocycles. The highest BCUT2D eigenvalue weighted by Crippen LogP contribution is 2.34. The molecule has 252 valence electrons. The summed E-state index contributed by atoms with van der Waals surface area (Å²) in [6.07, 6.45) is 2.81. The maximum absolute atomic E-state index is 13.3. The van der Waals surface area contributed by atoms with Crippen molar-refractivity contribution in [2.45, 2.75) is 48.9 Å². The molecule has 13 heteroatoms. The number of phenolic OH excluding ortho intramolecular Hbond substituents is 1. The van der Waals surface area contributed by atoms with Gasteiger partial charge in [-0.25, -0.2) is 9.48 Å². The van der Waals surface area contributed by atoms with Gasteiger partial charge in [-0.2, -0.15) is 5.10 Å². The van der Waals surface area contributed by atoms with Crippen molar-refractivity contribution in [3.8, 4) is 28.6 Å². The minimum absolute atomic E-state index is 0.0768. The van der Waals surface area contributed by atoms with Gasteiger partial charge in [0.2, 0.25) is 0 Å². The third kappa shape index (κ3) is 7.51. The van der Waals surface area contributed by atoms with Crippen molar-refractivity contribution in [3.63, 3.8) is 0 Å². The van der Waals surface area contributed by atoms with Gasteiger partial charge in [-0.1, -0.05) is 74.5 Å². The van der Waals surface area contributed by atoms with Crippen LogP contribution in [0.5, 0.6) is 11.5 Å². The molecule has 0 aliphatic rings. The number of aromatic nitrogens is 5. The lowest BCUT2D eigenvalue weighted by Gasteiger charge is -2.19. The van der Waals surface area contributed by atoms with E-state index in [1.807, 2.05) is 77.3 Å². The number of benzene rings is 3. The smallest absolute Gasteiger partial charge is 0.320 e. The van der Waals surface area contributed by atoms with E-state index < -0.39 is 6.03 Å². The number of anilines is 1. The predicted molar refractivity (Wildman–Crippen MR) is 191 cm³/mol. The van der Waals surface area contributed by atoms with Crippen LogP contribution in [0.15, 0.2) is 101 Å². The highest BCUT2D eigenvalue weighted by atomic mass is 35.5. The number of fused-ring (bicyclic) bond motifs is 1. The van der Waals surface area contributed by atoms with Crippen LogP contribution in [0.25, 0.3) is 22.7 Å². The highest BCUT2D eigenvalue weighted by molar-refractivity contribution is 7.99. The number of halogens is 1. The topological polar surface area (TPSA) is 139 Å². The van der Waals surface area contributed by atoms with Gasteiger partial charge >= 0.3 is 6.03 Å². The Bertz CT molecular complexity index is 2110. The van der Waals surface area contributed by atoms with Crippen LogP contribution in [0.1, 0.15) is 38.4 Å². The highest BCUT2D eigenvalue weighted by Gasteiger charge is 2.25. The van der Waals surface area contributed by atoms with Gasteiger partial charge in [0, 0.05) is 40.1 Å². The zero-order chi connectivity index (χ0) is 34.5. The summed E-state index contributed by atoms with van der Waals surface area (Å²) in [6, 6.07) is 25.6. The number of para-hydroxylation sites is 1. The molecule has 0 bridgehead atoms. The zero-order valence-electron chi connectivity index (χ0n) is 27.2. The molecule has 49 heavy (non-hydrogen) atoms. The van der Waals surface area contributed by atoms with Gasteiger partial charge in [0.05, 0.1) is 28.6 Å². The van der Waals surface area contributed by atoms with Crippen molar-refractivity contribution in [3.05, 3.63) is 107 Å². The minimum atomic E-state index is -0.405. The van der Waals surface area contributed by atoms with E-state index in [1.165, 1.54) is 6.07 Å². The lowest BCUT2D eigenvalue weighted by molar-refractivity contribution is 0.202. The number of rotatable bonds is 12. The van der Waals surface area contributed by atoms with Gasteiger partial charge in [0.1, 0.15) is 23.9 Å². The minimum Gasteiger partial charge on any atom is -0.506 e. The fraction of sp³-hybridized carbons (Fsp3) is 0.222. The van der Waals surface area contributed by atoms with Crippen molar-refractivity contribution in [1.29, 1.82) is 0 Å². The van der Waals surface area contributed by atoms with E-state index in [9.17, 15) is 15.0 Å². The summed E-state index contributed by atoms with van der Waals surface area (Å²) in [5, 5.41) is 39.2. The lowest BCUT2D eigenvalue weighted by atomic mass is 9.87. The van der Waals surface area contributed by atoms with Crippen LogP contribution in [-0.4, -0.2) is 53.8 Å². The van der Waals surface area contributed by atoms with E-state index in [0.29, 0.717) is 28.7 Å². The largest absolute Gasteiger partial charge is 0.506 e. The Kier molecular flexibility index (Phi) is 10.1. The van der Waals surface area contributed by atoms with Crippen molar-refractivity contribution in [2.24, 2.45) is 0 Å². The standard InChI is InChI=1S/C36H36ClN7O4S/c1-4-36(2,3)31-20-33(44(42-31)24-13-15-27(37)28(46)19-24)39-35(47)38-21-23-9-5-8-12-30(23)49-25-14-16-32-40-41-34(43(32)22-25)26-10-6-7-11-29(26)48-18-17-45/h5-16,19-20,22,45-46H,4,17-18,21H2,1-3H3,(H2,38,39,47). The third-order valence-electron chi connectivity index (χ3n) is 8.19. The Balaban J connectivity index is 1.20. The average molecular weight is 698 g/mol. The molecule has 11 nitrogen and oxygen atoms in total. The molecule has 0 fully saturated rings. The number of carbonyl (C=O) groups excluding carboxylic acids is 1. The molecular weight excluding hydrogens is 662 g/mol. The van der Waals surface area contributed by atoms with Gasteiger partial charge in [0.15, 0.2) is 11.5 Å². The Hall–Kier alpha value is -5.04. The number of aliphatic hydroxyl groups excluding tert-OH is 1. The van der Waals surface area contributed by atoms with Crippen LogP contribution in [0.4, 0.5) is 10.6 Å². The van der Waals surface area contributed by atoms with Gasteiger partial charge in [-0.3, -0.25) is 9.72 Å². The van der Waals surface area contributed by atoms with Crippen LogP contribution >= 0.6 is 23.4 Å². The molecule has 4 N–H and O–H groups in total. The Labute approximate surface area is 292 Å². The molecule has 6 rings (SSSR count). The van der Waals surface area contributed by atoms with E-state index in [0.717, 1.165) is 33.0 Å². The Morgan fingerprint density at radius 1 is 1.02 bits per heavy atom. The first-order chi connectivity index (χ1) is 23.7. The number of pyridine rings is 1. The number of ether oxygens (including phenoxy) is 1. The second kappa shape index (κ2) is 14.6. The van der Waals surface area contributed by atoms with Crippen LogP contribution in [0, 0.1) is 0 Å². The number of hydrogen-bond donors (Lipinski definition) is 4. The van der Waals surface area contributed by atoms with Crippen LogP contribution in [-0.2, 0) is 12.0 Å². The van der Waals surface area contributed by atoms with E-state index in [-0.39, 0.29) is 35.9 Å². The molecule has 6 aromatic rings. The molecule has 0 unspecified atom stereocenters. The van der Waals surface area contributed by atoms with E-state index in [1.54, 1.807) is 28.6 Å². The first kappa shape index (κ1) is 33.8. The van der Waals surface area contributed by atoms with Crippen molar-refractivity contribution >= 4 is 40.9 Å². The maximum Gasteiger partial charge on any atom is 0.320 e. The number of nitrogens with one attached hydrogen (secondary N) is 2. The van der Waals surface area contributed by atoms with Crippen LogP contribution in [0.3, 0.4) is 0 Å². The fourth-order valence-corrected chi connectivity index (χ4v) is 6.16. The summed E-state index contributed by atoms with van der Waals surface area (Å²) < 4.78 is 9.26. The quantitative estimate of drug-likeness (QED) is 0.103. The van der Waals surface area contributed by atoms with E-state index in [4.69, 9.17) is 21.4 Å². The monoisotopic (exact) mass is 697 g/mol. The summed E-state index contributed by atoms with van der Waals surface area (Å²) in [7, 11) is 0. The number of nitrogens with zero attached hydrogens (tertiary/aromatic N) is 5. The summed E-state index contributed by atoms with van der Waals surface area (Å²) >= 11 is 7.61. The molecule has 3 aromatic carbocycles. The Morgan fingerprint density at radius 3 is 2.61 bits per heavy atom. The first-order valence-corrected chi connectivity index (χ1v) is 16.9. The molecule has 0 saturated carbocycles. The molecule has 0 radical (unpaired) electrons. The van der Waals surface area contributed by atoms with Crippen molar-refractivity contribution < 1.29 is 19.7 Å². The molecule has 0 atom stereocenters.